The average Bonchev–Trinajstić information content (AvgIpc) is 3.20. The van der Waals surface area contributed by atoms with Gasteiger partial charge in [-0.15, -0.1) is 0 Å². The molecule has 122 valence electrons. The molecule has 1 aliphatic carbocycles. The highest BCUT2D eigenvalue weighted by molar-refractivity contribution is 5.87. The zero-order chi connectivity index (χ0) is 16.4. The maximum absolute atomic E-state index is 11.0. The number of nitrogens with zero attached hydrogens (tertiary/aromatic N) is 2. The van der Waals surface area contributed by atoms with Crippen molar-refractivity contribution in [3.05, 3.63) is 29.7 Å². The third-order valence-corrected chi connectivity index (χ3v) is 4.03. The van der Waals surface area contributed by atoms with Gasteiger partial charge >= 0.3 is 5.97 Å². The minimum Gasteiger partial charge on any atom is -0.477 e. The van der Waals surface area contributed by atoms with Gasteiger partial charge in [-0.1, -0.05) is 12.8 Å². The normalized spacial score (nSPS) is 15.4. The Balaban J connectivity index is 1.81. The summed E-state index contributed by atoms with van der Waals surface area (Å²) in [6.07, 6.45) is 6.68. The molecule has 2 heterocycles. The third-order valence-electron chi connectivity index (χ3n) is 4.03. The van der Waals surface area contributed by atoms with Crippen molar-refractivity contribution in [1.29, 1.82) is 0 Å². The lowest BCUT2D eigenvalue weighted by molar-refractivity contribution is 0.0691. The fourth-order valence-corrected chi connectivity index (χ4v) is 2.58. The van der Waals surface area contributed by atoms with E-state index in [0.717, 1.165) is 12.0 Å². The van der Waals surface area contributed by atoms with E-state index in [1.165, 1.54) is 12.8 Å². The van der Waals surface area contributed by atoms with Gasteiger partial charge in [-0.25, -0.2) is 14.8 Å². The summed E-state index contributed by atoms with van der Waals surface area (Å²) in [6.45, 7) is 1.91. The first-order valence-corrected chi connectivity index (χ1v) is 7.70. The van der Waals surface area contributed by atoms with E-state index in [-0.39, 0.29) is 18.3 Å². The predicted molar refractivity (Wildman–Crippen MR) is 85.4 cm³/mol. The molecule has 7 heteroatoms. The van der Waals surface area contributed by atoms with Gasteiger partial charge in [0.25, 0.3) is 0 Å². The summed E-state index contributed by atoms with van der Waals surface area (Å²) in [4.78, 5) is 22.4. The van der Waals surface area contributed by atoms with Crippen molar-refractivity contribution < 1.29 is 15.0 Å². The number of anilines is 1. The van der Waals surface area contributed by atoms with Gasteiger partial charge in [-0.05, 0) is 30.9 Å². The summed E-state index contributed by atoms with van der Waals surface area (Å²) >= 11 is 0. The molecule has 1 fully saturated rings. The lowest BCUT2D eigenvalue weighted by atomic mass is 10.1. The number of nitrogens with one attached hydrogen (secondary N) is 2. The van der Waals surface area contributed by atoms with Gasteiger partial charge in [0.2, 0.25) is 5.95 Å². The predicted octanol–water partition coefficient (Wildman–Crippen LogP) is 2.05. The second-order valence-corrected chi connectivity index (χ2v) is 6.04. The van der Waals surface area contributed by atoms with Crippen LogP contribution < -0.4 is 5.32 Å². The molecule has 1 aliphatic rings. The summed E-state index contributed by atoms with van der Waals surface area (Å²) in [5.41, 5.74) is 2.35. The Labute approximate surface area is 133 Å². The Morgan fingerprint density at radius 3 is 2.91 bits per heavy atom. The van der Waals surface area contributed by atoms with E-state index in [4.69, 9.17) is 5.11 Å². The van der Waals surface area contributed by atoms with Gasteiger partial charge in [0, 0.05) is 18.0 Å². The van der Waals surface area contributed by atoms with E-state index >= 15 is 0 Å². The van der Waals surface area contributed by atoms with Gasteiger partial charge in [-0.3, -0.25) is 0 Å². The quantitative estimate of drug-likeness (QED) is 0.622. The number of aliphatic hydroxyl groups is 1. The lowest BCUT2D eigenvalue weighted by Gasteiger charge is -2.16. The van der Waals surface area contributed by atoms with E-state index in [1.807, 2.05) is 6.92 Å². The van der Waals surface area contributed by atoms with Crippen molar-refractivity contribution >= 4 is 11.9 Å². The average molecular weight is 316 g/mol. The number of hydrogen-bond donors (Lipinski definition) is 4. The molecular weight excluding hydrogens is 296 g/mol. The van der Waals surface area contributed by atoms with Crippen molar-refractivity contribution in [2.24, 2.45) is 5.92 Å². The van der Waals surface area contributed by atoms with Crippen LogP contribution in [-0.4, -0.2) is 43.8 Å². The molecule has 1 unspecified atom stereocenters. The molecule has 0 radical (unpaired) electrons. The van der Waals surface area contributed by atoms with Crippen LogP contribution in [0.2, 0.25) is 0 Å². The molecule has 0 aliphatic heterocycles. The zero-order valence-corrected chi connectivity index (χ0v) is 12.9. The summed E-state index contributed by atoms with van der Waals surface area (Å²) in [5, 5.41) is 21.7. The van der Waals surface area contributed by atoms with E-state index in [1.54, 1.807) is 18.5 Å². The SMILES string of the molecule is Cc1cnc(NC(CO)CC2CC2)nc1-c1c[nH]c(C(=O)O)c1. The highest BCUT2D eigenvalue weighted by atomic mass is 16.4. The van der Waals surface area contributed by atoms with Gasteiger partial charge in [0.1, 0.15) is 5.69 Å². The first-order chi connectivity index (χ1) is 11.1. The molecule has 3 rings (SSSR count). The van der Waals surface area contributed by atoms with E-state index < -0.39 is 5.97 Å². The van der Waals surface area contributed by atoms with Crippen molar-refractivity contribution in [3.8, 4) is 11.3 Å². The highest BCUT2D eigenvalue weighted by Crippen LogP contribution is 2.34. The number of hydrogen-bond acceptors (Lipinski definition) is 5. The summed E-state index contributed by atoms with van der Waals surface area (Å²) < 4.78 is 0. The third kappa shape index (κ3) is 3.68. The summed E-state index contributed by atoms with van der Waals surface area (Å²) in [7, 11) is 0. The first kappa shape index (κ1) is 15.5. The monoisotopic (exact) mass is 316 g/mol. The number of aryl methyl sites for hydroxylation is 1. The molecule has 23 heavy (non-hydrogen) atoms. The zero-order valence-electron chi connectivity index (χ0n) is 12.9. The largest absolute Gasteiger partial charge is 0.477 e. The van der Waals surface area contributed by atoms with Crippen LogP contribution in [0.4, 0.5) is 5.95 Å². The molecule has 0 saturated heterocycles. The molecule has 1 atom stereocenters. The fourth-order valence-electron chi connectivity index (χ4n) is 2.58. The van der Waals surface area contributed by atoms with Gasteiger partial charge in [0.15, 0.2) is 0 Å². The van der Waals surface area contributed by atoms with Crippen LogP contribution in [0.5, 0.6) is 0 Å². The number of aromatic nitrogens is 3. The maximum atomic E-state index is 11.0. The number of carboxylic acids is 1. The smallest absolute Gasteiger partial charge is 0.352 e. The maximum Gasteiger partial charge on any atom is 0.352 e. The number of carboxylic acid groups (broad SMARTS) is 1. The number of aliphatic hydroxyl groups excluding tert-OH is 1. The number of carbonyl (C=O) groups is 1. The molecule has 2 aromatic heterocycles. The molecule has 0 aromatic carbocycles. The number of aromatic amines is 1. The van der Waals surface area contributed by atoms with Gasteiger partial charge < -0.3 is 20.5 Å². The van der Waals surface area contributed by atoms with Crippen molar-refractivity contribution in [2.45, 2.75) is 32.2 Å². The Morgan fingerprint density at radius 2 is 2.30 bits per heavy atom. The Kier molecular flexibility index (Phi) is 4.29. The summed E-state index contributed by atoms with van der Waals surface area (Å²) in [5.74, 6) is 0.127. The van der Waals surface area contributed by atoms with Crippen molar-refractivity contribution in [1.82, 2.24) is 15.0 Å². The van der Waals surface area contributed by atoms with Gasteiger partial charge in [0.05, 0.1) is 18.3 Å². The van der Waals surface area contributed by atoms with E-state index in [2.05, 4.69) is 20.3 Å². The topological polar surface area (TPSA) is 111 Å². The Bertz CT molecular complexity index is 709. The second kappa shape index (κ2) is 6.37. The van der Waals surface area contributed by atoms with Crippen LogP contribution in [0.1, 0.15) is 35.3 Å². The van der Waals surface area contributed by atoms with E-state index in [9.17, 15) is 9.90 Å². The lowest BCUT2D eigenvalue weighted by Crippen LogP contribution is -2.25. The van der Waals surface area contributed by atoms with Crippen molar-refractivity contribution in [3.63, 3.8) is 0 Å². The van der Waals surface area contributed by atoms with Crippen LogP contribution >= 0.6 is 0 Å². The molecule has 0 amide bonds. The van der Waals surface area contributed by atoms with Gasteiger partial charge in [-0.2, -0.15) is 0 Å². The molecule has 0 bridgehead atoms. The number of rotatable bonds is 7. The molecule has 7 nitrogen and oxygen atoms in total. The number of H-pyrrole nitrogens is 1. The first-order valence-electron chi connectivity index (χ1n) is 7.70. The van der Waals surface area contributed by atoms with E-state index in [0.29, 0.717) is 23.1 Å². The van der Waals surface area contributed by atoms with Crippen LogP contribution in [0.3, 0.4) is 0 Å². The summed E-state index contributed by atoms with van der Waals surface area (Å²) in [6, 6.07) is 1.49. The standard InChI is InChI=1S/C16H20N4O3/c1-9-6-18-16(19-12(8-21)4-10-2-3-10)20-14(9)11-5-13(15(22)23)17-7-11/h5-7,10,12,17,21H,2-4,8H2,1H3,(H,22,23)(H,18,19,20). The number of aromatic carboxylic acids is 1. The minimum atomic E-state index is -1.01. The van der Waals surface area contributed by atoms with Crippen LogP contribution in [0.25, 0.3) is 11.3 Å². The minimum absolute atomic E-state index is 0.0381. The fraction of sp³-hybridized carbons (Fsp3) is 0.438. The van der Waals surface area contributed by atoms with Crippen LogP contribution in [0, 0.1) is 12.8 Å². The Morgan fingerprint density at radius 1 is 1.52 bits per heavy atom. The van der Waals surface area contributed by atoms with Crippen molar-refractivity contribution in [2.75, 3.05) is 11.9 Å². The molecule has 1 saturated carbocycles. The van der Waals surface area contributed by atoms with Crippen LogP contribution in [0.15, 0.2) is 18.5 Å². The molecule has 2 aromatic rings. The Hall–Kier alpha value is -2.41. The molecular formula is C16H20N4O3. The highest BCUT2D eigenvalue weighted by Gasteiger charge is 2.25. The molecule has 0 spiro atoms. The van der Waals surface area contributed by atoms with Crippen LogP contribution in [-0.2, 0) is 0 Å². The second-order valence-electron chi connectivity index (χ2n) is 6.04. The molecule has 4 N–H and O–H groups in total.